The lowest BCUT2D eigenvalue weighted by Crippen LogP contribution is -2.49. The largest absolute Gasteiger partial charge is 0.484 e. The van der Waals surface area contributed by atoms with E-state index >= 15 is 0 Å². The molecule has 0 bridgehead atoms. The maximum absolute atomic E-state index is 11.9. The Labute approximate surface area is 166 Å². The lowest BCUT2D eigenvalue weighted by atomic mass is 10.1. The molecule has 142 valence electrons. The molecular formula is C20H17N3O4S. The van der Waals surface area contributed by atoms with Crippen LogP contribution in [0.3, 0.4) is 0 Å². The van der Waals surface area contributed by atoms with Crippen LogP contribution < -0.4 is 20.9 Å². The first-order chi connectivity index (χ1) is 13.6. The quantitative estimate of drug-likeness (QED) is 0.349. The van der Waals surface area contributed by atoms with Crippen LogP contribution >= 0.6 is 12.2 Å². The molecule has 0 saturated heterocycles. The third-order valence-corrected chi connectivity index (χ3v) is 3.79. The lowest BCUT2D eigenvalue weighted by Gasteiger charge is -2.11. The molecule has 0 unspecified atom stereocenters. The molecule has 0 aliphatic heterocycles. The van der Waals surface area contributed by atoms with Crippen molar-refractivity contribution in [3.05, 3.63) is 72.7 Å². The maximum atomic E-state index is 11.9. The summed E-state index contributed by atoms with van der Waals surface area (Å²) in [5.74, 6) is 0.201. The number of carbonyl (C=O) groups is 2. The molecule has 28 heavy (non-hydrogen) atoms. The van der Waals surface area contributed by atoms with Gasteiger partial charge in [0.15, 0.2) is 11.7 Å². The minimum absolute atomic E-state index is 0.0480. The number of fused-ring (bicyclic) bond motifs is 1. The Kier molecular flexibility index (Phi) is 6.37. The van der Waals surface area contributed by atoms with Crippen molar-refractivity contribution in [1.29, 1.82) is 0 Å². The van der Waals surface area contributed by atoms with Gasteiger partial charge in [0.05, 0.1) is 6.26 Å². The topological polar surface area (TPSA) is 92.6 Å². The van der Waals surface area contributed by atoms with Crippen molar-refractivity contribution in [3.63, 3.8) is 0 Å². The Morgan fingerprint density at radius 3 is 2.64 bits per heavy atom. The van der Waals surface area contributed by atoms with Crippen molar-refractivity contribution in [3.8, 4) is 5.75 Å². The number of carbonyl (C=O) groups excluding carboxylic acids is 2. The Balaban J connectivity index is 1.39. The average molecular weight is 395 g/mol. The third kappa shape index (κ3) is 5.68. The van der Waals surface area contributed by atoms with Gasteiger partial charge in [0.2, 0.25) is 5.91 Å². The molecule has 2 aromatic carbocycles. The van der Waals surface area contributed by atoms with Gasteiger partial charge >= 0.3 is 0 Å². The second kappa shape index (κ2) is 9.33. The van der Waals surface area contributed by atoms with E-state index in [0.717, 1.165) is 10.8 Å². The fraction of sp³-hybridized carbons (Fsp3) is 0.0500. The van der Waals surface area contributed by atoms with Gasteiger partial charge in [-0.25, -0.2) is 0 Å². The highest BCUT2D eigenvalue weighted by molar-refractivity contribution is 7.80. The Hall–Kier alpha value is -3.65. The van der Waals surface area contributed by atoms with Gasteiger partial charge in [-0.15, -0.1) is 0 Å². The molecule has 0 aliphatic rings. The molecule has 2 amide bonds. The van der Waals surface area contributed by atoms with Crippen molar-refractivity contribution < 1.29 is 18.7 Å². The predicted molar refractivity (Wildman–Crippen MR) is 109 cm³/mol. The molecule has 0 saturated carbocycles. The summed E-state index contributed by atoms with van der Waals surface area (Å²) < 4.78 is 10.5. The number of hydrogen-bond donors (Lipinski definition) is 3. The molecule has 1 aromatic heterocycles. The van der Waals surface area contributed by atoms with Gasteiger partial charge in [-0.2, -0.15) is 0 Å². The monoisotopic (exact) mass is 395 g/mol. The molecule has 3 N–H and O–H groups in total. The lowest BCUT2D eigenvalue weighted by molar-refractivity contribution is -0.123. The molecule has 3 aromatic rings. The molecule has 0 fully saturated rings. The van der Waals surface area contributed by atoms with Crippen LogP contribution in [0.15, 0.2) is 71.4 Å². The number of benzene rings is 2. The van der Waals surface area contributed by atoms with Crippen LogP contribution in [0.5, 0.6) is 5.75 Å². The Morgan fingerprint density at radius 1 is 1.04 bits per heavy atom. The minimum atomic E-state index is -0.462. The predicted octanol–water partition coefficient (Wildman–Crippen LogP) is 2.55. The number of ether oxygens (including phenoxy) is 1. The fourth-order valence-electron chi connectivity index (χ4n) is 2.30. The molecule has 0 spiro atoms. The van der Waals surface area contributed by atoms with Gasteiger partial charge in [0.1, 0.15) is 11.5 Å². The van der Waals surface area contributed by atoms with Gasteiger partial charge in [0.25, 0.3) is 5.91 Å². The highest BCUT2D eigenvalue weighted by atomic mass is 32.1. The van der Waals surface area contributed by atoms with Gasteiger partial charge in [-0.1, -0.05) is 30.3 Å². The van der Waals surface area contributed by atoms with E-state index in [0.29, 0.717) is 11.5 Å². The standard InChI is InChI=1S/C20H17N3O4S/c24-18(10-9-16-6-3-11-26-16)21-20(28)23-22-19(25)13-27-17-8-7-14-4-1-2-5-15(14)12-17/h1-12H,13H2,(H,22,25)(H2,21,23,24,28). The number of nitrogens with one attached hydrogen (secondary N) is 3. The molecule has 1 heterocycles. The smallest absolute Gasteiger partial charge is 0.276 e. The molecule has 3 rings (SSSR count). The van der Waals surface area contributed by atoms with E-state index in [9.17, 15) is 9.59 Å². The zero-order chi connectivity index (χ0) is 19.8. The van der Waals surface area contributed by atoms with Gasteiger partial charge in [-0.3, -0.25) is 25.8 Å². The van der Waals surface area contributed by atoms with Crippen molar-refractivity contribution in [1.82, 2.24) is 16.2 Å². The van der Waals surface area contributed by atoms with Crippen LogP contribution in [0, 0.1) is 0 Å². The summed E-state index contributed by atoms with van der Waals surface area (Å²) in [5, 5.41) is 4.45. The summed E-state index contributed by atoms with van der Waals surface area (Å²) in [6.45, 7) is -0.208. The molecule has 7 nitrogen and oxygen atoms in total. The van der Waals surface area contributed by atoms with Crippen LogP contribution in [0.4, 0.5) is 0 Å². The van der Waals surface area contributed by atoms with Gasteiger partial charge < -0.3 is 9.15 Å². The van der Waals surface area contributed by atoms with Crippen molar-refractivity contribution in [2.24, 2.45) is 0 Å². The molecule has 0 atom stereocenters. The number of amides is 2. The Bertz CT molecular complexity index is 1020. The van der Waals surface area contributed by atoms with Crippen molar-refractivity contribution >= 4 is 46.0 Å². The second-order valence-electron chi connectivity index (χ2n) is 5.64. The normalized spacial score (nSPS) is 10.6. The van der Waals surface area contributed by atoms with E-state index in [1.807, 2.05) is 36.4 Å². The maximum Gasteiger partial charge on any atom is 0.276 e. The van der Waals surface area contributed by atoms with Crippen LogP contribution in [-0.2, 0) is 9.59 Å². The van der Waals surface area contributed by atoms with Gasteiger partial charge in [0, 0.05) is 6.08 Å². The van der Waals surface area contributed by atoms with Gasteiger partial charge in [-0.05, 0) is 53.3 Å². The van der Waals surface area contributed by atoms with Crippen LogP contribution in [0.2, 0.25) is 0 Å². The number of hydrazine groups is 1. The van der Waals surface area contributed by atoms with E-state index in [-0.39, 0.29) is 11.7 Å². The fourth-order valence-corrected chi connectivity index (χ4v) is 2.45. The number of thiocarbonyl (C=S) groups is 1. The van der Waals surface area contributed by atoms with Crippen molar-refractivity contribution in [2.75, 3.05) is 6.61 Å². The van der Waals surface area contributed by atoms with Crippen molar-refractivity contribution in [2.45, 2.75) is 0 Å². The SMILES string of the molecule is O=C(C=Cc1ccco1)NC(=S)NNC(=O)COc1ccc2ccccc2c1. The molecule has 0 aliphatic carbocycles. The summed E-state index contributed by atoms with van der Waals surface area (Å²) >= 11 is 4.94. The van der Waals surface area contributed by atoms with E-state index in [1.165, 1.54) is 18.4 Å². The Morgan fingerprint density at radius 2 is 1.86 bits per heavy atom. The second-order valence-corrected chi connectivity index (χ2v) is 6.05. The summed E-state index contributed by atoms with van der Waals surface area (Å²) in [6, 6.07) is 16.8. The number of furan rings is 1. The highest BCUT2D eigenvalue weighted by Gasteiger charge is 2.06. The van der Waals surface area contributed by atoms with Crippen LogP contribution in [0.1, 0.15) is 5.76 Å². The summed E-state index contributed by atoms with van der Waals surface area (Å²) in [6.07, 6.45) is 4.25. The summed E-state index contributed by atoms with van der Waals surface area (Å²) in [4.78, 5) is 23.6. The third-order valence-electron chi connectivity index (χ3n) is 3.59. The minimum Gasteiger partial charge on any atom is -0.484 e. The summed E-state index contributed by atoms with van der Waals surface area (Å²) in [7, 11) is 0. The van der Waals surface area contributed by atoms with E-state index in [2.05, 4.69) is 16.2 Å². The first-order valence-corrected chi connectivity index (χ1v) is 8.74. The van der Waals surface area contributed by atoms with E-state index in [4.69, 9.17) is 21.4 Å². The zero-order valence-electron chi connectivity index (χ0n) is 14.7. The molecular weight excluding hydrogens is 378 g/mol. The first kappa shape index (κ1) is 19.1. The molecule has 0 radical (unpaired) electrons. The number of rotatable bonds is 5. The van der Waals surface area contributed by atoms with E-state index in [1.54, 1.807) is 18.2 Å². The zero-order valence-corrected chi connectivity index (χ0v) is 15.5. The van der Waals surface area contributed by atoms with Crippen LogP contribution in [0.25, 0.3) is 16.8 Å². The number of hydrogen-bond acceptors (Lipinski definition) is 5. The molecule has 8 heteroatoms. The van der Waals surface area contributed by atoms with E-state index < -0.39 is 11.8 Å². The summed E-state index contributed by atoms with van der Waals surface area (Å²) in [5.41, 5.74) is 4.79. The average Bonchev–Trinajstić information content (AvgIpc) is 3.22. The first-order valence-electron chi connectivity index (χ1n) is 8.33. The highest BCUT2D eigenvalue weighted by Crippen LogP contribution is 2.20. The van der Waals surface area contributed by atoms with Crippen LogP contribution in [-0.4, -0.2) is 23.5 Å².